The molecule has 8 heteroatoms. The van der Waals surface area contributed by atoms with Crippen LogP contribution >= 0.6 is 12.2 Å². The van der Waals surface area contributed by atoms with Crippen LogP contribution in [-0.4, -0.2) is 39.7 Å². The topological polar surface area (TPSA) is 72.8 Å². The van der Waals surface area contributed by atoms with Crippen LogP contribution in [0.4, 0.5) is 0 Å². The molecule has 7 nitrogen and oxygen atoms in total. The van der Waals surface area contributed by atoms with E-state index in [0.717, 1.165) is 22.6 Å². The molecule has 1 saturated heterocycles. The zero-order valence-electron chi connectivity index (χ0n) is 15.7. The summed E-state index contributed by atoms with van der Waals surface area (Å²) in [6.07, 6.45) is 1.62. The summed E-state index contributed by atoms with van der Waals surface area (Å²) in [7, 11) is 0. The zero-order valence-corrected chi connectivity index (χ0v) is 16.6. The van der Waals surface area contributed by atoms with Crippen LogP contribution in [0, 0.1) is 13.8 Å². The molecular weight excluding hydrogens is 378 g/mol. The molecule has 0 atom stereocenters. The second-order valence-electron chi connectivity index (χ2n) is 6.57. The van der Waals surface area contributed by atoms with E-state index in [1.54, 1.807) is 6.08 Å². The van der Waals surface area contributed by atoms with Gasteiger partial charge in [0.05, 0.1) is 0 Å². The Bertz CT molecular complexity index is 1050. The van der Waals surface area contributed by atoms with Crippen molar-refractivity contribution in [3.05, 3.63) is 46.8 Å². The minimum absolute atomic E-state index is 0.0707. The summed E-state index contributed by atoms with van der Waals surface area (Å²) < 4.78 is 12.9. The number of amides is 2. The Hall–Kier alpha value is -3.13. The number of nitrogens with zero attached hydrogens (tertiary/aromatic N) is 2. The molecule has 2 aliphatic rings. The van der Waals surface area contributed by atoms with E-state index >= 15 is 0 Å². The Morgan fingerprint density at radius 3 is 2.68 bits per heavy atom. The first-order chi connectivity index (χ1) is 13.4. The van der Waals surface area contributed by atoms with E-state index in [1.165, 1.54) is 4.90 Å². The molecule has 4 rings (SSSR count). The number of hydrogen-bond acceptors (Lipinski definition) is 5. The number of benzene rings is 1. The van der Waals surface area contributed by atoms with E-state index in [-0.39, 0.29) is 23.4 Å². The predicted octanol–water partition coefficient (Wildman–Crippen LogP) is 2.47. The highest BCUT2D eigenvalue weighted by Crippen LogP contribution is 2.35. The van der Waals surface area contributed by atoms with Gasteiger partial charge >= 0.3 is 0 Å². The highest BCUT2D eigenvalue weighted by Gasteiger charge is 2.32. The summed E-state index contributed by atoms with van der Waals surface area (Å²) in [5.74, 6) is 0.546. The lowest BCUT2D eigenvalue weighted by molar-refractivity contribution is -0.128. The Balaban J connectivity index is 1.75. The van der Waals surface area contributed by atoms with Crippen LogP contribution in [0.15, 0.2) is 29.8 Å². The van der Waals surface area contributed by atoms with E-state index in [1.807, 2.05) is 49.6 Å². The van der Waals surface area contributed by atoms with Gasteiger partial charge in [-0.2, -0.15) is 0 Å². The van der Waals surface area contributed by atoms with Crippen molar-refractivity contribution in [1.82, 2.24) is 14.8 Å². The van der Waals surface area contributed by atoms with Gasteiger partial charge in [0, 0.05) is 29.7 Å². The molecule has 1 aromatic carbocycles. The first-order valence-electron chi connectivity index (χ1n) is 8.88. The monoisotopic (exact) mass is 397 g/mol. The third-order valence-corrected chi connectivity index (χ3v) is 5.21. The lowest BCUT2D eigenvalue weighted by Crippen LogP contribution is -2.53. The molecule has 0 saturated carbocycles. The van der Waals surface area contributed by atoms with E-state index < -0.39 is 5.91 Å². The van der Waals surface area contributed by atoms with Crippen LogP contribution in [-0.2, 0) is 9.59 Å². The summed E-state index contributed by atoms with van der Waals surface area (Å²) in [4.78, 5) is 26.4. The summed E-state index contributed by atoms with van der Waals surface area (Å²) in [6.45, 7) is 6.33. The van der Waals surface area contributed by atoms with Gasteiger partial charge in [-0.3, -0.25) is 19.8 Å². The van der Waals surface area contributed by atoms with Crippen molar-refractivity contribution in [2.75, 3.05) is 13.3 Å². The number of ether oxygens (including phenoxy) is 2. The van der Waals surface area contributed by atoms with Crippen LogP contribution in [0.5, 0.6) is 11.5 Å². The minimum Gasteiger partial charge on any atom is -0.454 e. The predicted molar refractivity (Wildman–Crippen MR) is 107 cm³/mol. The van der Waals surface area contributed by atoms with E-state index in [4.69, 9.17) is 21.7 Å². The van der Waals surface area contributed by atoms with Crippen molar-refractivity contribution in [2.45, 2.75) is 20.8 Å². The molecule has 1 N–H and O–H groups in total. The molecule has 2 aliphatic heterocycles. The van der Waals surface area contributed by atoms with Gasteiger partial charge in [0.25, 0.3) is 11.8 Å². The van der Waals surface area contributed by atoms with Gasteiger partial charge in [0.1, 0.15) is 5.57 Å². The van der Waals surface area contributed by atoms with E-state index in [9.17, 15) is 9.59 Å². The molecule has 28 heavy (non-hydrogen) atoms. The third-order valence-electron chi connectivity index (χ3n) is 4.89. The third kappa shape index (κ3) is 2.86. The SMILES string of the molecule is CCN1C(=O)/C(=C/c2cc(C)n(-c3ccc4c(c3)OCO4)c2C)C(=O)NC1=S. The fraction of sp³-hybridized carbons (Fsp3) is 0.250. The normalized spacial score (nSPS) is 17.5. The van der Waals surface area contributed by atoms with Gasteiger partial charge in [-0.05, 0) is 62.8 Å². The lowest BCUT2D eigenvalue weighted by atomic mass is 10.1. The van der Waals surface area contributed by atoms with Crippen molar-refractivity contribution in [3.8, 4) is 17.2 Å². The standard InChI is InChI=1S/C20H19N3O4S/c1-4-22-19(25)15(18(24)21-20(22)28)8-13-7-11(2)23(12(13)3)14-5-6-16-17(9-14)27-10-26-16/h5-9H,4,10H2,1-3H3,(H,21,24,28)/b15-8+. The molecule has 0 aliphatic carbocycles. The van der Waals surface area contributed by atoms with Crippen molar-refractivity contribution >= 4 is 35.2 Å². The van der Waals surface area contributed by atoms with Crippen molar-refractivity contribution in [3.63, 3.8) is 0 Å². The Labute approximate surface area is 167 Å². The molecule has 0 bridgehead atoms. The number of nitrogens with one attached hydrogen (secondary N) is 1. The maximum absolute atomic E-state index is 12.7. The summed E-state index contributed by atoms with van der Waals surface area (Å²) in [5, 5.41) is 2.71. The Morgan fingerprint density at radius 2 is 1.93 bits per heavy atom. The Kier molecular flexibility index (Phi) is 4.43. The van der Waals surface area contributed by atoms with Gasteiger partial charge in [-0.1, -0.05) is 0 Å². The van der Waals surface area contributed by atoms with Crippen molar-refractivity contribution in [1.29, 1.82) is 0 Å². The average molecular weight is 397 g/mol. The first kappa shape index (κ1) is 18.2. The molecule has 3 heterocycles. The van der Waals surface area contributed by atoms with Gasteiger partial charge in [-0.25, -0.2) is 0 Å². The van der Waals surface area contributed by atoms with Crippen molar-refractivity contribution in [2.24, 2.45) is 0 Å². The van der Waals surface area contributed by atoms with E-state index in [0.29, 0.717) is 18.0 Å². The summed E-state index contributed by atoms with van der Waals surface area (Å²) in [5.41, 5.74) is 3.65. The number of carbonyl (C=O) groups excluding carboxylic acids is 2. The largest absolute Gasteiger partial charge is 0.454 e. The second kappa shape index (κ2) is 6.79. The molecule has 2 amide bonds. The van der Waals surface area contributed by atoms with Crippen LogP contribution in [0.1, 0.15) is 23.9 Å². The molecule has 1 aromatic heterocycles. The maximum Gasteiger partial charge on any atom is 0.265 e. The average Bonchev–Trinajstić information content (AvgIpc) is 3.22. The number of rotatable bonds is 3. The zero-order chi connectivity index (χ0) is 20.0. The Morgan fingerprint density at radius 1 is 1.18 bits per heavy atom. The molecule has 0 unspecified atom stereocenters. The van der Waals surface area contributed by atoms with Crippen molar-refractivity contribution < 1.29 is 19.1 Å². The molecule has 0 radical (unpaired) electrons. The first-order valence-corrected chi connectivity index (χ1v) is 9.29. The van der Waals surface area contributed by atoms with Crippen LogP contribution in [0.25, 0.3) is 11.8 Å². The molecule has 0 spiro atoms. The summed E-state index contributed by atoms with van der Waals surface area (Å²) in [6, 6.07) is 7.67. The maximum atomic E-state index is 12.7. The quantitative estimate of drug-likeness (QED) is 0.489. The number of carbonyl (C=O) groups is 2. The molecule has 2 aromatic rings. The van der Waals surface area contributed by atoms with Gasteiger partial charge < -0.3 is 14.0 Å². The fourth-order valence-electron chi connectivity index (χ4n) is 3.49. The lowest BCUT2D eigenvalue weighted by Gasteiger charge is -2.27. The van der Waals surface area contributed by atoms with Gasteiger partial charge in [0.15, 0.2) is 16.6 Å². The second-order valence-corrected chi connectivity index (χ2v) is 6.95. The highest BCUT2D eigenvalue weighted by molar-refractivity contribution is 7.80. The smallest absolute Gasteiger partial charge is 0.265 e. The van der Waals surface area contributed by atoms with Crippen LogP contribution < -0.4 is 14.8 Å². The van der Waals surface area contributed by atoms with E-state index in [2.05, 4.69) is 5.32 Å². The highest BCUT2D eigenvalue weighted by atomic mass is 32.1. The number of likely N-dealkylation sites (N-methyl/N-ethyl adjacent to an activating group) is 1. The fourth-order valence-corrected chi connectivity index (χ4v) is 3.80. The summed E-state index contributed by atoms with van der Waals surface area (Å²) >= 11 is 5.07. The van der Waals surface area contributed by atoms with Crippen LogP contribution in [0.2, 0.25) is 0 Å². The molecular formula is C20H19N3O4S. The number of fused-ring (bicyclic) bond motifs is 1. The van der Waals surface area contributed by atoms with Gasteiger partial charge in [0.2, 0.25) is 6.79 Å². The number of aromatic nitrogens is 1. The van der Waals surface area contributed by atoms with Gasteiger partial charge in [-0.15, -0.1) is 0 Å². The van der Waals surface area contributed by atoms with Crippen LogP contribution in [0.3, 0.4) is 0 Å². The minimum atomic E-state index is -0.479. The number of aryl methyl sites for hydroxylation is 1. The number of thiocarbonyl (C=S) groups is 1. The molecule has 144 valence electrons. The number of hydrogen-bond donors (Lipinski definition) is 1. The molecule has 1 fully saturated rings.